The highest BCUT2D eigenvalue weighted by Crippen LogP contribution is 2.22. The van der Waals surface area contributed by atoms with Gasteiger partial charge in [-0.2, -0.15) is 0 Å². The smallest absolute Gasteiger partial charge is 0.0485 e. The van der Waals surface area contributed by atoms with Gasteiger partial charge in [-0.15, -0.1) is 0 Å². The topological polar surface area (TPSA) is 30.9 Å². The summed E-state index contributed by atoms with van der Waals surface area (Å²) < 4.78 is 2.33. The molecule has 1 heterocycles. The van der Waals surface area contributed by atoms with Gasteiger partial charge in [0.15, 0.2) is 0 Å². The van der Waals surface area contributed by atoms with Crippen LogP contribution in [-0.4, -0.2) is 4.57 Å². The van der Waals surface area contributed by atoms with E-state index in [4.69, 9.17) is 5.73 Å². The van der Waals surface area contributed by atoms with Crippen molar-refractivity contribution < 1.29 is 0 Å². The van der Waals surface area contributed by atoms with E-state index >= 15 is 0 Å². The molecule has 0 unspecified atom stereocenters. The Bertz CT molecular complexity index is 524. The SMILES string of the molecule is CCCc1ccc(C)n1-c1ccc(N)cc1C. The van der Waals surface area contributed by atoms with Crippen molar-refractivity contribution in [3.63, 3.8) is 0 Å². The number of nitrogen functional groups attached to an aromatic ring is 1. The van der Waals surface area contributed by atoms with Crippen LogP contribution in [0.3, 0.4) is 0 Å². The zero-order valence-corrected chi connectivity index (χ0v) is 10.8. The molecule has 0 spiro atoms. The van der Waals surface area contributed by atoms with Crippen molar-refractivity contribution in [1.29, 1.82) is 0 Å². The molecule has 2 heteroatoms. The highest BCUT2D eigenvalue weighted by molar-refractivity contribution is 5.52. The van der Waals surface area contributed by atoms with E-state index in [-0.39, 0.29) is 0 Å². The van der Waals surface area contributed by atoms with Crippen LogP contribution in [0.5, 0.6) is 0 Å². The van der Waals surface area contributed by atoms with Gasteiger partial charge in [-0.25, -0.2) is 0 Å². The molecule has 0 bridgehead atoms. The fraction of sp³-hybridized carbons (Fsp3) is 0.333. The van der Waals surface area contributed by atoms with Crippen molar-refractivity contribution in [1.82, 2.24) is 4.57 Å². The highest BCUT2D eigenvalue weighted by atomic mass is 15.0. The molecule has 1 aromatic heterocycles. The average molecular weight is 228 g/mol. The first kappa shape index (κ1) is 11.8. The average Bonchev–Trinajstić information content (AvgIpc) is 2.62. The van der Waals surface area contributed by atoms with E-state index < -0.39 is 0 Å². The van der Waals surface area contributed by atoms with Crippen molar-refractivity contribution in [3.05, 3.63) is 47.3 Å². The first-order chi connectivity index (χ1) is 8.13. The van der Waals surface area contributed by atoms with Crippen LogP contribution in [0.4, 0.5) is 5.69 Å². The molecule has 0 aliphatic heterocycles. The lowest BCUT2D eigenvalue weighted by Crippen LogP contribution is -2.04. The summed E-state index contributed by atoms with van der Waals surface area (Å²) in [4.78, 5) is 0. The third kappa shape index (κ3) is 2.21. The van der Waals surface area contributed by atoms with E-state index in [1.165, 1.54) is 22.6 Å². The Hall–Kier alpha value is -1.70. The van der Waals surface area contributed by atoms with Crippen molar-refractivity contribution in [3.8, 4) is 5.69 Å². The molecule has 0 radical (unpaired) electrons. The quantitative estimate of drug-likeness (QED) is 0.799. The molecule has 2 N–H and O–H groups in total. The fourth-order valence-electron chi connectivity index (χ4n) is 2.32. The maximum atomic E-state index is 5.81. The van der Waals surface area contributed by atoms with Gasteiger partial charge in [0.2, 0.25) is 0 Å². The minimum atomic E-state index is 0.827. The second kappa shape index (κ2) is 4.66. The van der Waals surface area contributed by atoms with E-state index in [1.54, 1.807) is 0 Å². The zero-order chi connectivity index (χ0) is 12.4. The van der Waals surface area contributed by atoms with Crippen LogP contribution in [0.2, 0.25) is 0 Å². The molecule has 1 aromatic carbocycles. The van der Waals surface area contributed by atoms with E-state index in [1.807, 2.05) is 12.1 Å². The summed E-state index contributed by atoms with van der Waals surface area (Å²) in [6, 6.07) is 10.5. The summed E-state index contributed by atoms with van der Waals surface area (Å²) in [5.41, 5.74) is 11.8. The minimum Gasteiger partial charge on any atom is -0.399 e. The molecule has 0 aliphatic carbocycles. The minimum absolute atomic E-state index is 0.827. The molecule has 17 heavy (non-hydrogen) atoms. The standard InChI is InChI=1S/C15H20N2/c1-4-5-14-8-6-12(3)17(14)15-9-7-13(16)10-11(15)2/h6-10H,4-5,16H2,1-3H3. The number of aryl methyl sites for hydroxylation is 3. The maximum absolute atomic E-state index is 5.81. The second-order valence-corrected chi connectivity index (χ2v) is 4.60. The lowest BCUT2D eigenvalue weighted by molar-refractivity contribution is 0.827. The number of hydrogen-bond acceptors (Lipinski definition) is 1. The first-order valence-electron chi connectivity index (χ1n) is 6.17. The van der Waals surface area contributed by atoms with Gasteiger partial charge in [0, 0.05) is 22.8 Å². The summed E-state index contributed by atoms with van der Waals surface area (Å²) in [5.74, 6) is 0. The predicted octanol–water partition coefficient (Wildman–Crippen LogP) is 3.63. The largest absolute Gasteiger partial charge is 0.399 e. The molecule has 0 fully saturated rings. The third-order valence-electron chi connectivity index (χ3n) is 3.12. The Morgan fingerprint density at radius 3 is 2.53 bits per heavy atom. The Morgan fingerprint density at radius 1 is 1.12 bits per heavy atom. The predicted molar refractivity (Wildman–Crippen MR) is 73.7 cm³/mol. The Morgan fingerprint density at radius 2 is 1.88 bits per heavy atom. The van der Waals surface area contributed by atoms with Crippen LogP contribution in [0.15, 0.2) is 30.3 Å². The summed E-state index contributed by atoms with van der Waals surface area (Å²) in [7, 11) is 0. The number of benzene rings is 1. The second-order valence-electron chi connectivity index (χ2n) is 4.60. The van der Waals surface area contributed by atoms with E-state index in [0.29, 0.717) is 0 Å². The Kier molecular flexibility index (Phi) is 3.23. The molecule has 0 saturated heterocycles. The normalized spacial score (nSPS) is 10.8. The molecular formula is C15H20N2. The number of rotatable bonds is 3. The van der Waals surface area contributed by atoms with Gasteiger partial charge in [0.25, 0.3) is 0 Å². The third-order valence-corrected chi connectivity index (χ3v) is 3.12. The summed E-state index contributed by atoms with van der Waals surface area (Å²) >= 11 is 0. The fourth-order valence-corrected chi connectivity index (χ4v) is 2.32. The van der Waals surface area contributed by atoms with Crippen LogP contribution in [-0.2, 0) is 6.42 Å². The van der Waals surface area contributed by atoms with Crippen molar-refractivity contribution in [2.24, 2.45) is 0 Å². The summed E-state index contributed by atoms with van der Waals surface area (Å²) in [5, 5.41) is 0. The molecule has 0 saturated carbocycles. The molecule has 2 rings (SSSR count). The lowest BCUT2D eigenvalue weighted by Gasteiger charge is -2.14. The van der Waals surface area contributed by atoms with Crippen LogP contribution in [0, 0.1) is 13.8 Å². The van der Waals surface area contributed by atoms with Crippen LogP contribution in [0.1, 0.15) is 30.3 Å². The van der Waals surface area contributed by atoms with E-state index in [0.717, 1.165) is 18.5 Å². The molecule has 2 aromatic rings. The molecule has 2 nitrogen and oxygen atoms in total. The van der Waals surface area contributed by atoms with Gasteiger partial charge in [-0.1, -0.05) is 13.3 Å². The van der Waals surface area contributed by atoms with Crippen LogP contribution in [0.25, 0.3) is 5.69 Å². The van der Waals surface area contributed by atoms with Gasteiger partial charge in [0.1, 0.15) is 0 Å². The van der Waals surface area contributed by atoms with Crippen molar-refractivity contribution >= 4 is 5.69 Å². The molecule has 0 amide bonds. The lowest BCUT2D eigenvalue weighted by atomic mass is 10.1. The molecule has 0 aliphatic rings. The summed E-state index contributed by atoms with van der Waals surface area (Å²) in [6.07, 6.45) is 2.27. The number of anilines is 1. The number of nitrogens with zero attached hydrogens (tertiary/aromatic N) is 1. The maximum Gasteiger partial charge on any atom is 0.0485 e. The van der Waals surface area contributed by atoms with Crippen LogP contribution >= 0.6 is 0 Å². The number of aromatic nitrogens is 1. The first-order valence-corrected chi connectivity index (χ1v) is 6.17. The van der Waals surface area contributed by atoms with E-state index in [2.05, 4.69) is 43.5 Å². The summed E-state index contributed by atoms with van der Waals surface area (Å²) in [6.45, 7) is 6.47. The van der Waals surface area contributed by atoms with Crippen molar-refractivity contribution in [2.45, 2.75) is 33.6 Å². The van der Waals surface area contributed by atoms with Crippen molar-refractivity contribution in [2.75, 3.05) is 5.73 Å². The van der Waals surface area contributed by atoms with Crippen LogP contribution < -0.4 is 5.73 Å². The number of hydrogen-bond donors (Lipinski definition) is 1. The zero-order valence-electron chi connectivity index (χ0n) is 10.8. The molecule has 0 atom stereocenters. The molecular weight excluding hydrogens is 208 g/mol. The highest BCUT2D eigenvalue weighted by Gasteiger charge is 2.08. The van der Waals surface area contributed by atoms with Gasteiger partial charge in [-0.05, 0) is 56.2 Å². The van der Waals surface area contributed by atoms with Gasteiger partial charge >= 0.3 is 0 Å². The molecule has 90 valence electrons. The van der Waals surface area contributed by atoms with E-state index in [9.17, 15) is 0 Å². The Balaban J connectivity index is 2.55. The Labute approximate surface area is 103 Å². The number of nitrogens with two attached hydrogens (primary N) is 1. The van der Waals surface area contributed by atoms with Gasteiger partial charge < -0.3 is 10.3 Å². The monoisotopic (exact) mass is 228 g/mol. The van der Waals surface area contributed by atoms with Gasteiger partial charge in [-0.3, -0.25) is 0 Å². The van der Waals surface area contributed by atoms with Gasteiger partial charge in [0.05, 0.1) is 0 Å².